The molecule has 154 valence electrons. The third-order valence-corrected chi connectivity index (χ3v) is 5.55. The van der Waals surface area contributed by atoms with Crippen LogP contribution in [-0.4, -0.2) is 24.5 Å². The summed E-state index contributed by atoms with van der Waals surface area (Å²) in [5.74, 6) is 0. The van der Waals surface area contributed by atoms with E-state index in [2.05, 4.69) is 63.8 Å². The number of allylic oxidation sites excluding steroid dienone is 7. The second-order valence-corrected chi connectivity index (χ2v) is 8.76. The first-order chi connectivity index (χ1) is 13.0. The van der Waals surface area contributed by atoms with E-state index in [1.165, 1.54) is 88.4 Å². The fraction of sp³-hybridized carbons (Fsp3) is 0.692. The molecule has 0 unspecified atom stereocenters. The maximum atomic E-state index is 2.63. The average molecular weight is 372 g/mol. The molecular formula is C26H45N. The Hall–Kier alpha value is -1.08. The van der Waals surface area contributed by atoms with Gasteiger partial charge in [0, 0.05) is 6.54 Å². The fourth-order valence-electron chi connectivity index (χ4n) is 3.59. The van der Waals surface area contributed by atoms with Crippen molar-refractivity contribution in [2.24, 2.45) is 0 Å². The first-order valence-corrected chi connectivity index (χ1v) is 11.3. The van der Waals surface area contributed by atoms with Gasteiger partial charge in [-0.15, -0.1) is 0 Å². The van der Waals surface area contributed by atoms with Crippen molar-refractivity contribution in [1.82, 2.24) is 4.90 Å². The molecule has 1 rings (SSSR count). The van der Waals surface area contributed by atoms with Gasteiger partial charge in [-0.2, -0.15) is 0 Å². The zero-order valence-electron chi connectivity index (χ0n) is 18.9. The van der Waals surface area contributed by atoms with Crippen molar-refractivity contribution in [1.29, 1.82) is 0 Å². The highest BCUT2D eigenvalue weighted by Gasteiger charge is 2.06. The van der Waals surface area contributed by atoms with E-state index >= 15 is 0 Å². The van der Waals surface area contributed by atoms with Crippen LogP contribution in [0.1, 0.15) is 98.8 Å². The van der Waals surface area contributed by atoms with Gasteiger partial charge in [-0.3, -0.25) is 4.90 Å². The third kappa shape index (κ3) is 13.7. The molecule has 0 aromatic heterocycles. The lowest BCUT2D eigenvalue weighted by atomic mass is 10.0. The number of hydrogen-bond acceptors (Lipinski definition) is 1. The summed E-state index contributed by atoms with van der Waals surface area (Å²) in [6.45, 7) is 15.0. The normalized spacial score (nSPS) is 17.7. The highest BCUT2D eigenvalue weighted by Crippen LogP contribution is 2.14. The minimum Gasteiger partial charge on any atom is -0.300 e. The summed E-state index contributed by atoms with van der Waals surface area (Å²) in [4.78, 5) is 2.63. The topological polar surface area (TPSA) is 3.24 Å². The van der Waals surface area contributed by atoms with Gasteiger partial charge in [0.15, 0.2) is 0 Å². The highest BCUT2D eigenvalue weighted by molar-refractivity contribution is 5.07. The Labute approximate surface area is 170 Å². The molecule has 1 heteroatoms. The smallest absolute Gasteiger partial charge is 0.0165 e. The quantitative estimate of drug-likeness (QED) is 0.332. The van der Waals surface area contributed by atoms with Crippen molar-refractivity contribution in [3.05, 3.63) is 46.6 Å². The van der Waals surface area contributed by atoms with Crippen molar-refractivity contribution >= 4 is 0 Å². The molecule has 0 saturated carbocycles. The first kappa shape index (κ1) is 24.0. The van der Waals surface area contributed by atoms with Gasteiger partial charge in [0.05, 0.1) is 0 Å². The van der Waals surface area contributed by atoms with Crippen LogP contribution in [0.4, 0.5) is 0 Å². The molecule has 0 amide bonds. The van der Waals surface area contributed by atoms with Crippen molar-refractivity contribution in [2.75, 3.05) is 19.6 Å². The molecule has 0 N–H and O–H groups in total. The van der Waals surface area contributed by atoms with Gasteiger partial charge < -0.3 is 0 Å². The molecule has 0 spiro atoms. The summed E-state index contributed by atoms with van der Waals surface area (Å²) in [5, 5.41) is 0. The molecule has 1 saturated heterocycles. The molecule has 1 nitrogen and oxygen atoms in total. The molecule has 0 radical (unpaired) electrons. The first-order valence-electron chi connectivity index (χ1n) is 11.3. The molecule has 0 atom stereocenters. The number of rotatable bonds is 11. The second-order valence-electron chi connectivity index (χ2n) is 8.76. The van der Waals surface area contributed by atoms with E-state index < -0.39 is 0 Å². The maximum Gasteiger partial charge on any atom is 0.0165 e. The Morgan fingerprint density at radius 1 is 0.593 bits per heavy atom. The predicted octanol–water partition coefficient (Wildman–Crippen LogP) is 8.01. The lowest BCUT2D eigenvalue weighted by Crippen LogP contribution is -2.24. The largest absolute Gasteiger partial charge is 0.300 e. The molecule has 1 aliphatic heterocycles. The van der Waals surface area contributed by atoms with Crippen LogP contribution in [0.5, 0.6) is 0 Å². The Bertz CT molecular complexity index is 506. The summed E-state index contributed by atoms with van der Waals surface area (Å²) in [6, 6.07) is 0. The van der Waals surface area contributed by atoms with Crippen molar-refractivity contribution in [3.63, 3.8) is 0 Å². The molecule has 1 fully saturated rings. The SMILES string of the molecule is CC(C)=CCCC(C)=CCCC(C)=CCCC(C)=CCN1CCCCCC1. The van der Waals surface area contributed by atoms with Gasteiger partial charge >= 0.3 is 0 Å². The van der Waals surface area contributed by atoms with Gasteiger partial charge in [0.1, 0.15) is 0 Å². The van der Waals surface area contributed by atoms with E-state index in [1.807, 2.05) is 0 Å². The van der Waals surface area contributed by atoms with Gasteiger partial charge in [0.2, 0.25) is 0 Å². The summed E-state index contributed by atoms with van der Waals surface area (Å²) in [6.07, 6.45) is 22.5. The van der Waals surface area contributed by atoms with Crippen LogP contribution in [0.2, 0.25) is 0 Å². The molecule has 0 aromatic carbocycles. The molecule has 0 aliphatic carbocycles. The Morgan fingerprint density at radius 3 is 1.52 bits per heavy atom. The van der Waals surface area contributed by atoms with E-state index in [9.17, 15) is 0 Å². The lowest BCUT2D eigenvalue weighted by molar-refractivity contribution is 0.315. The van der Waals surface area contributed by atoms with Gasteiger partial charge in [0.25, 0.3) is 0 Å². The minimum absolute atomic E-state index is 1.16. The monoisotopic (exact) mass is 371 g/mol. The van der Waals surface area contributed by atoms with Crippen molar-refractivity contribution in [3.8, 4) is 0 Å². The van der Waals surface area contributed by atoms with E-state index in [4.69, 9.17) is 0 Å². The number of nitrogens with zero attached hydrogens (tertiary/aromatic N) is 1. The molecule has 1 aliphatic rings. The minimum atomic E-state index is 1.16. The summed E-state index contributed by atoms with van der Waals surface area (Å²) in [5.41, 5.74) is 6.06. The van der Waals surface area contributed by atoms with Crippen molar-refractivity contribution in [2.45, 2.75) is 98.8 Å². The molecule has 0 aromatic rings. The third-order valence-electron chi connectivity index (χ3n) is 5.55. The lowest BCUT2D eigenvalue weighted by Gasteiger charge is -2.17. The average Bonchev–Trinajstić information content (AvgIpc) is 2.88. The summed E-state index contributed by atoms with van der Waals surface area (Å²) < 4.78 is 0. The van der Waals surface area contributed by atoms with Crippen LogP contribution in [0, 0.1) is 0 Å². The molecule has 27 heavy (non-hydrogen) atoms. The number of hydrogen-bond donors (Lipinski definition) is 0. The van der Waals surface area contributed by atoms with Crippen LogP contribution in [0.15, 0.2) is 46.6 Å². The van der Waals surface area contributed by atoms with Crippen molar-refractivity contribution < 1.29 is 0 Å². The van der Waals surface area contributed by atoms with Crippen LogP contribution >= 0.6 is 0 Å². The number of likely N-dealkylation sites (tertiary alicyclic amines) is 1. The van der Waals surface area contributed by atoms with E-state index in [0.717, 1.165) is 6.54 Å². The molecule has 0 bridgehead atoms. The van der Waals surface area contributed by atoms with E-state index in [0.29, 0.717) is 0 Å². The fourth-order valence-corrected chi connectivity index (χ4v) is 3.59. The standard InChI is InChI=1S/C26H45N/c1-23(2)13-10-14-24(3)15-11-16-25(4)17-12-18-26(5)19-22-27-20-8-6-7-9-21-27/h13,15,17,19H,6-12,14,16,18,20-22H2,1-5H3. The summed E-state index contributed by atoms with van der Waals surface area (Å²) >= 11 is 0. The van der Waals surface area contributed by atoms with Crippen LogP contribution in [-0.2, 0) is 0 Å². The van der Waals surface area contributed by atoms with E-state index in [1.54, 1.807) is 11.1 Å². The van der Waals surface area contributed by atoms with Gasteiger partial charge in [-0.1, -0.05) is 59.4 Å². The van der Waals surface area contributed by atoms with Crippen LogP contribution < -0.4 is 0 Å². The Kier molecular flexibility index (Phi) is 13.2. The van der Waals surface area contributed by atoms with Crippen LogP contribution in [0.25, 0.3) is 0 Å². The molecule has 1 heterocycles. The summed E-state index contributed by atoms with van der Waals surface area (Å²) in [7, 11) is 0. The zero-order chi connectivity index (χ0) is 19.9. The Morgan fingerprint density at radius 2 is 1.04 bits per heavy atom. The van der Waals surface area contributed by atoms with Gasteiger partial charge in [-0.25, -0.2) is 0 Å². The molecular weight excluding hydrogens is 326 g/mol. The second kappa shape index (κ2) is 14.9. The maximum absolute atomic E-state index is 2.63. The Balaban J connectivity index is 2.21. The van der Waals surface area contributed by atoms with Crippen LogP contribution in [0.3, 0.4) is 0 Å². The van der Waals surface area contributed by atoms with E-state index in [-0.39, 0.29) is 0 Å². The predicted molar refractivity (Wildman–Crippen MR) is 123 cm³/mol. The highest BCUT2D eigenvalue weighted by atomic mass is 15.1. The van der Waals surface area contributed by atoms with Gasteiger partial charge in [-0.05, 0) is 99.1 Å². The zero-order valence-corrected chi connectivity index (χ0v) is 18.9.